The standard InChI is InChI=1S/C13H18O4/c1-4-13(16,12(14)15)9(2)10-5-7-11(17-3)8-6-10/h5-9,16H,4H2,1-3H3,(H,14,15). The van der Waals surface area contributed by atoms with E-state index in [1.807, 2.05) is 0 Å². The Hall–Kier alpha value is -1.55. The van der Waals surface area contributed by atoms with Crippen molar-refractivity contribution in [1.82, 2.24) is 0 Å². The lowest BCUT2D eigenvalue weighted by atomic mass is 9.81. The van der Waals surface area contributed by atoms with Crippen molar-refractivity contribution in [1.29, 1.82) is 0 Å². The second-order valence-electron chi connectivity index (χ2n) is 4.08. The summed E-state index contributed by atoms with van der Waals surface area (Å²) in [5.74, 6) is -0.962. The van der Waals surface area contributed by atoms with E-state index >= 15 is 0 Å². The van der Waals surface area contributed by atoms with Crippen molar-refractivity contribution >= 4 is 5.97 Å². The van der Waals surface area contributed by atoms with Crippen molar-refractivity contribution < 1.29 is 19.7 Å². The summed E-state index contributed by atoms with van der Waals surface area (Å²) >= 11 is 0. The van der Waals surface area contributed by atoms with E-state index in [1.165, 1.54) is 0 Å². The third-order valence-corrected chi connectivity index (χ3v) is 3.24. The molecular formula is C13H18O4. The maximum absolute atomic E-state index is 11.1. The predicted molar refractivity (Wildman–Crippen MR) is 64.3 cm³/mol. The molecule has 1 aromatic rings. The molecule has 0 spiro atoms. The Labute approximate surface area is 101 Å². The van der Waals surface area contributed by atoms with Gasteiger partial charge in [0.05, 0.1) is 7.11 Å². The molecule has 0 heterocycles. The molecule has 1 aromatic carbocycles. The molecule has 0 bridgehead atoms. The van der Waals surface area contributed by atoms with Crippen molar-refractivity contribution in [3.05, 3.63) is 29.8 Å². The number of hydrogen-bond acceptors (Lipinski definition) is 3. The van der Waals surface area contributed by atoms with Gasteiger partial charge in [-0.25, -0.2) is 4.79 Å². The van der Waals surface area contributed by atoms with E-state index in [1.54, 1.807) is 45.2 Å². The number of carboxylic acid groups (broad SMARTS) is 1. The van der Waals surface area contributed by atoms with Crippen LogP contribution in [0.3, 0.4) is 0 Å². The van der Waals surface area contributed by atoms with Crippen LogP contribution in [0.4, 0.5) is 0 Å². The Bertz CT molecular complexity index is 385. The van der Waals surface area contributed by atoms with Gasteiger partial charge in [-0.1, -0.05) is 26.0 Å². The summed E-state index contributed by atoms with van der Waals surface area (Å²) in [6.45, 7) is 3.37. The fourth-order valence-electron chi connectivity index (χ4n) is 1.81. The lowest BCUT2D eigenvalue weighted by Gasteiger charge is -2.29. The van der Waals surface area contributed by atoms with Crippen molar-refractivity contribution in [2.45, 2.75) is 31.8 Å². The van der Waals surface area contributed by atoms with Crippen LogP contribution in [0.5, 0.6) is 5.75 Å². The Kier molecular flexibility index (Phi) is 4.12. The topological polar surface area (TPSA) is 66.8 Å². The number of rotatable bonds is 5. The molecule has 0 aliphatic rings. The quantitative estimate of drug-likeness (QED) is 0.823. The van der Waals surface area contributed by atoms with Crippen LogP contribution < -0.4 is 4.74 Å². The molecule has 2 unspecified atom stereocenters. The lowest BCUT2D eigenvalue weighted by Crippen LogP contribution is -2.42. The zero-order chi connectivity index (χ0) is 13.1. The number of ether oxygens (including phenoxy) is 1. The number of aliphatic hydroxyl groups is 1. The average molecular weight is 238 g/mol. The second kappa shape index (κ2) is 5.19. The number of aliphatic carboxylic acids is 1. The molecule has 2 atom stereocenters. The highest BCUT2D eigenvalue weighted by Gasteiger charge is 2.40. The Morgan fingerprint density at radius 2 is 1.94 bits per heavy atom. The predicted octanol–water partition coefficient (Wildman–Crippen LogP) is 2.02. The first kappa shape index (κ1) is 13.5. The molecule has 0 aromatic heterocycles. The van der Waals surface area contributed by atoms with Gasteiger partial charge in [-0.15, -0.1) is 0 Å². The number of carboxylic acids is 1. The van der Waals surface area contributed by atoms with Crippen LogP contribution in [-0.2, 0) is 4.79 Å². The van der Waals surface area contributed by atoms with E-state index in [0.29, 0.717) is 5.75 Å². The summed E-state index contributed by atoms with van der Waals surface area (Å²) in [4.78, 5) is 11.1. The smallest absolute Gasteiger partial charge is 0.336 e. The van der Waals surface area contributed by atoms with Crippen LogP contribution in [0.1, 0.15) is 31.7 Å². The van der Waals surface area contributed by atoms with Gasteiger partial charge in [0.1, 0.15) is 5.75 Å². The van der Waals surface area contributed by atoms with E-state index in [-0.39, 0.29) is 6.42 Å². The minimum atomic E-state index is -1.73. The molecule has 0 saturated carbocycles. The monoisotopic (exact) mass is 238 g/mol. The minimum Gasteiger partial charge on any atom is -0.497 e. The Morgan fingerprint density at radius 1 is 1.41 bits per heavy atom. The molecule has 0 fully saturated rings. The molecule has 0 aliphatic carbocycles. The largest absolute Gasteiger partial charge is 0.497 e. The van der Waals surface area contributed by atoms with Gasteiger partial charge < -0.3 is 14.9 Å². The van der Waals surface area contributed by atoms with Gasteiger partial charge in [0.25, 0.3) is 0 Å². The van der Waals surface area contributed by atoms with Crippen molar-refractivity contribution in [3.8, 4) is 5.75 Å². The molecule has 4 nitrogen and oxygen atoms in total. The third kappa shape index (κ3) is 2.58. The zero-order valence-electron chi connectivity index (χ0n) is 10.3. The first-order valence-electron chi connectivity index (χ1n) is 5.55. The van der Waals surface area contributed by atoms with E-state index in [4.69, 9.17) is 9.84 Å². The summed E-state index contributed by atoms with van der Waals surface area (Å²) < 4.78 is 5.03. The molecular weight excluding hydrogens is 220 g/mol. The van der Waals surface area contributed by atoms with Gasteiger partial charge in [0, 0.05) is 5.92 Å². The summed E-state index contributed by atoms with van der Waals surface area (Å²) in [5.41, 5.74) is -0.952. The maximum atomic E-state index is 11.1. The van der Waals surface area contributed by atoms with Crippen molar-refractivity contribution in [2.24, 2.45) is 0 Å². The maximum Gasteiger partial charge on any atom is 0.336 e. The first-order valence-corrected chi connectivity index (χ1v) is 5.55. The van der Waals surface area contributed by atoms with Gasteiger partial charge in [-0.3, -0.25) is 0 Å². The van der Waals surface area contributed by atoms with Crippen LogP contribution in [0.25, 0.3) is 0 Å². The van der Waals surface area contributed by atoms with Crippen LogP contribution >= 0.6 is 0 Å². The van der Waals surface area contributed by atoms with Crippen LogP contribution in [0.2, 0.25) is 0 Å². The highest BCUT2D eigenvalue weighted by Crippen LogP contribution is 2.31. The molecule has 17 heavy (non-hydrogen) atoms. The fourth-order valence-corrected chi connectivity index (χ4v) is 1.81. The number of benzene rings is 1. The lowest BCUT2D eigenvalue weighted by molar-refractivity contribution is -0.161. The summed E-state index contributed by atoms with van der Waals surface area (Å²) in [6.07, 6.45) is 0.162. The molecule has 94 valence electrons. The first-order chi connectivity index (χ1) is 7.95. The van der Waals surface area contributed by atoms with Gasteiger partial charge in [-0.05, 0) is 24.1 Å². The normalized spacial score (nSPS) is 16.0. The Morgan fingerprint density at radius 3 is 2.29 bits per heavy atom. The molecule has 4 heteroatoms. The molecule has 0 aliphatic heterocycles. The van der Waals surface area contributed by atoms with Gasteiger partial charge in [0.2, 0.25) is 0 Å². The number of methoxy groups -OCH3 is 1. The summed E-state index contributed by atoms with van der Waals surface area (Å²) in [5, 5.41) is 19.2. The Balaban J connectivity index is 3.01. The molecule has 0 radical (unpaired) electrons. The molecule has 0 saturated heterocycles. The summed E-state index contributed by atoms with van der Waals surface area (Å²) in [6, 6.07) is 7.05. The van der Waals surface area contributed by atoms with Crippen molar-refractivity contribution in [3.63, 3.8) is 0 Å². The van der Waals surface area contributed by atoms with Gasteiger partial charge in [0.15, 0.2) is 5.60 Å². The average Bonchev–Trinajstić information content (AvgIpc) is 2.36. The highest BCUT2D eigenvalue weighted by molar-refractivity contribution is 5.78. The van der Waals surface area contributed by atoms with Crippen LogP contribution in [0.15, 0.2) is 24.3 Å². The van der Waals surface area contributed by atoms with Gasteiger partial charge in [-0.2, -0.15) is 0 Å². The third-order valence-electron chi connectivity index (χ3n) is 3.24. The number of carbonyl (C=O) groups is 1. The highest BCUT2D eigenvalue weighted by atomic mass is 16.5. The summed E-state index contributed by atoms with van der Waals surface area (Å²) in [7, 11) is 1.57. The fraction of sp³-hybridized carbons (Fsp3) is 0.462. The van der Waals surface area contributed by atoms with Crippen LogP contribution in [-0.4, -0.2) is 28.9 Å². The van der Waals surface area contributed by atoms with Gasteiger partial charge >= 0.3 is 5.97 Å². The van der Waals surface area contributed by atoms with E-state index in [2.05, 4.69) is 0 Å². The van der Waals surface area contributed by atoms with Crippen molar-refractivity contribution in [2.75, 3.05) is 7.11 Å². The van der Waals surface area contributed by atoms with E-state index < -0.39 is 17.5 Å². The molecule has 0 amide bonds. The minimum absolute atomic E-state index is 0.162. The van der Waals surface area contributed by atoms with E-state index in [9.17, 15) is 9.90 Å². The molecule has 2 N–H and O–H groups in total. The van der Waals surface area contributed by atoms with Crippen LogP contribution in [0, 0.1) is 0 Å². The van der Waals surface area contributed by atoms with E-state index in [0.717, 1.165) is 5.56 Å². The molecule has 1 rings (SSSR count). The second-order valence-corrected chi connectivity index (χ2v) is 4.08. The number of hydrogen-bond donors (Lipinski definition) is 2. The zero-order valence-corrected chi connectivity index (χ0v) is 10.3. The SMILES string of the molecule is CCC(O)(C(=O)O)C(C)c1ccc(OC)cc1.